The molecule has 1 aliphatic rings. The maximum absolute atomic E-state index is 6.10. The number of rotatable bonds is 6. The van der Waals surface area contributed by atoms with Gasteiger partial charge in [-0.05, 0) is 17.6 Å². The van der Waals surface area contributed by atoms with Crippen molar-refractivity contribution in [2.75, 3.05) is 7.11 Å². The molecule has 0 amide bonds. The Kier molecular flexibility index (Phi) is 5.91. The van der Waals surface area contributed by atoms with Crippen LogP contribution in [0.1, 0.15) is 58.8 Å². The third-order valence-corrected chi connectivity index (χ3v) is 9.67. The quantitative estimate of drug-likeness (QED) is 0.597. The number of hydrogen-bond acceptors (Lipinski definition) is 1. The third-order valence-electron chi connectivity index (χ3n) is 4.10. The smallest absolute Gasteiger partial charge is 0.195 e. The van der Waals surface area contributed by atoms with Crippen molar-refractivity contribution in [2.24, 2.45) is 0 Å². The van der Waals surface area contributed by atoms with Gasteiger partial charge in [-0.1, -0.05) is 58.8 Å². The largest absolute Gasteiger partial charge is 0.420 e. The summed E-state index contributed by atoms with van der Waals surface area (Å²) in [6.07, 6.45) is 9.92. The molecule has 1 nitrogen and oxygen atoms in total. The van der Waals surface area contributed by atoms with Gasteiger partial charge in [0.2, 0.25) is 0 Å². The lowest BCUT2D eigenvalue weighted by Gasteiger charge is -2.39. The van der Waals surface area contributed by atoms with E-state index in [2.05, 4.69) is 13.8 Å². The van der Waals surface area contributed by atoms with E-state index in [0.29, 0.717) is 0 Å². The molecule has 0 heterocycles. The second kappa shape index (κ2) is 6.69. The normalized spacial score (nSPS) is 19.4. The van der Waals surface area contributed by atoms with Crippen molar-refractivity contribution in [1.82, 2.24) is 0 Å². The Hall–Kier alpha value is 0.177. The van der Waals surface area contributed by atoms with Gasteiger partial charge in [-0.2, -0.15) is 0 Å². The number of hydrogen-bond donors (Lipinski definition) is 0. The highest BCUT2D eigenvalue weighted by molar-refractivity contribution is 6.75. The van der Waals surface area contributed by atoms with E-state index in [1.54, 1.807) is 0 Å². The molecule has 0 bridgehead atoms. The monoisotopic (exact) mass is 228 g/mol. The lowest BCUT2D eigenvalue weighted by atomic mass is 10.0. The molecule has 1 aliphatic carbocycles. The maximum Gasteiger partial charge on any atom is 0.195 e. The van der Waals surface area contributed by atoms with Gasteiger partial charge in [0, 0.05) is 7.11 Å². The van der Waals surface area contributed by atoms with Crippen LogP contribution < -0.4 is 0 Å². The Morgan fingerprint density at radius 2 is 1.53 bits per heavy atom. The third kappa shape index (κ3) is 3.32. The van der Waals surface area contributed by atoms with Crippen molar-refractivity contribution in [3.8, 4) is 0 Å². The summed E-state index contributed by atoms with van der Waals surface area (Å²) in [6.45, 7) is 4.64. The van der Waals surface area contributed by atoms with E-state index < -0.39 is 8.32 Å². The van der Waals surface area contributed by atoms with Gasteiger partial charge in [0.1, 0.15) is 0 Å². The standard InChI is InChI=1S/C13H28OSi/c1-4-11-15(14-3,12-5-2)13-9-7-6-8-10-13/h13H,4-12H2,1-3H3. The fourth-order valence-electron chi connectivity index (χ4n) is 3.38. The first-order chi connectivity index (χ1) is 7.29. The van der Waals surface area contributed by atoms with Crippen molar-refractivity contribution in [3.63, 3.8) is 0 Å². The van der Waals surface area contributed by atoms with Crippen LogP contribution in [0.4, 0.5) is 0 Å². The Morgan fingerprint density at radius 1 is 1.00 bits per heavy atom. The topological polar surface area (TPSA) is 9.23 Å². The summed E-state index contributed by atoms with van der Waals surface area (Å²) >= 11 is 0. The van der Waals surface area contributed by atoms with Gasteiger partial charge in [-0.3, -0.25) is 0 Å². The highest BCUT2D eigenvalue weighted by atomic mass is 28.4. The summed E-state index contributed by atoms with van der Waals surface area (Å²) in [7, 11) is 0.624. The summed E-state index contributed by atoms with van der Waals surface area (Å²) in [5.41, 5.74) is 0.969. The second-order valence-corrected chi connectivity index (χ2v) is 9.46. The molecule has 0 aromatic heterocycles. The van der Waals surface area contributed by atoms with Gasteiger partial charge < -0.3 is 4.43 Å². The molecule has 2 heteroatoms. The van der Waals surface area contributed by atoms with Crippen LogP contribution in [-0.2, 0) is 4.43 Å². The molecule has 15 heavy (non-hydrogen) atoms. The summed E-state index contributed by atoms with van der Waals surface area (Å²) in [6, 6.07) is 2.78. The lowest BCUT2D eigenvalue weighted by Crippen LogP contribution is -2.43. The summed E-state index contributed by atoms with van der Waals surface area (Å²) < 4.78 is 6.10. The SMILES string of the molecule is CCC[Si](CCC)(OC)C1CCCCC1. The molecular weight excluding hydrogens is 200 g/mol. The van der Waals surface area contributed by atoms with Gasteiger partial charge in [0.15, 0.2) is 8.32 Å². The van der Waals surface area contributed by atoms with Crippen LogP contribution in [0.15, 0.2) is 0 Å². The van der Waals surface area contributed by atoms with Crippen LogP contribution in [0.3, 0.4) is 0 Å². The second-order valence-electron chi connectivity index (χ2n) is 5.10. The molecular formula is C13H28OSi. The van der Waals surface area contributed by atoms with E-state index in [4.69, 9.17) is 4.43 Å². The minimum absolute atomic E-state index is 0.969. The molecule has 0 spiro atoms. The predicted octanol–water partition coefficient (Wildman–Crippen LogP) is 4.73. The Labute approximate surface area is 96.7 Å². The average Bonchev–Trinajstić information content (AvgIpc) is 2.30. The molecule has 0 radical (unpaired) electrons. The van der Waals surface area contributed by atoms with Crippen molar-refractivity contribution in [3.05, 3.63) is 0 Å². The van der Waals surface area contributed by atoms with Crippen molar-refractivity contribution < 1.29 is 4.43 Å². The summed E-state index contributed by atoms with van der Waals surface area (Å²) in [5, 5.41) is 0. The fraction of sp³-hybridized carbons (Fsp3) is 1.00. The predicted molar refractivity (Wildman–Crippen MR) is 69.8 cm³/mol. The fourth-order valence-corrected chi connectivity index (χ4v) is 8.34. The van der Waals surface area contributed by atoms with Crippen molar-refractivity contribution in [1.29, 1.82) is 0 Å². The van der Waals surface area contributed by atoms with E-state index in [9.17, 15) is 0 Å². The van der Waals surface area contributed by atoms with Gasteiger partial charge >= 0.3 is 0 Å². The van der Waals surface area contributed by atoms with Crippen LogP contribution in [0.2, 0.25) is 17.6 Å². The molecule has 1 fully saturated rings. The van der Waals surface area contributed by atoms with Gasteiger partial charge in [0.05, 0.1) is 0 Å². The van der Waals surface area contributed by atoms with Gasteiger partial charge in [-0.25, -0.2) is 0 Å². The molecule has 1 saturated carbocycles. The molecule has 0 saturated heterocycles. The van der Waals surface area contributed by atoms with Gasteiger partial charge in [0.25, 0.3) is 0 Å². The van der Waals surface area contributed by atoms with Crippen molar-refractivity contribution >= 4 is 8.32 Å². The molecule has 0 aromatic carbocycles. The molecule has 90 valence electrons. The molecule has 0 atom stereocenters. The van der Waals surface area contributed by atoms with E-state index in [0.717, 1.165) is 5.54 Å². The highest BCUT2D eigenvalue weighted by Crippen LogP contribution is 2.42. The van der Waals surface area contributed by atoms with Gasteiger partial charge in [-0.15, -0.1) is 0 Å². The van der Waals surface area contributed by atoms with Crippen molar-refractivity contribution in [2.45, 2.75) is 76.4 Å². The van der Waals surface area contributed by atoms with Crippen LogP contribution in [-0.4, -0.2) is 15.4 Å². The van der Waals surface area contributed by atoms with E-state index in [1.807, 2.05) is 7.11 Å². The first-order valence-electron chi connectivity index (χ1n) is 6.84. The Bertz CT molecular complexity index is 158. The van der Waals surface area contributed by atoms with Crippen LogP contribution in [0.25, 0.3) is 0 Å². The van der Waals surface area contributed by atoms with Crippen LogP contribution in [0, 0.1) is 0 Å². The van der Waals surface area contributed by atoms with E-state index >= 15 is 0 Å². The minimum Gasteiger partial charge on any atom is -0.420 e. The zero-order chi connectivity index (χ0) is 11.1. The molecule has 0 aromatic rings. The molecule has 0 unspecified atom stereocenters. The maximum atomic E-state index is 6.10. The molecule has 0 N–H and O–H groups in total. The zero-order valence-corrected chi connectivity index (χ0v) is 11.8. The first kappa shape index (κ1) is 13.2. The van der Waals surface area contributed by atoms with E-state index in [1.165, 1.54) is 57.0 Å². The summed E-state index contributed by atoms with van der Waals surface area (Å²) in [4.78, 5) is 0. The summed E-state index contributed by atoms with van der Waals surface area (Å²) in [5.74, 6) is 0. The Balaban J connectivity index is 2.66. The minimum atomic E-state index is -1.37. The molecule has 1 rings (SSSR count). The average molecular weight is 228 g/mol. The molecule has 0 aliphatic heterocycles. The van der Waals surface area contributed by atoms with Crippen LogP contribution >= 0.6 is 0 Å². The zero-order valence-electron chi connectivity index (χ0n) is 10.8. The Morgan fingerprint density at radius 3 is 1.93 bits per heavy atom. The first-order valence-corrected chi connectivity index (χ1v) is 9.24. The van der Waals surface area contributed by atoms with E-state index in [-0.39, 0.29) is 0 Å². The lowest BCUT2D eigenvalue weighted by molar-refractivity contribution is 0.348. The van der Waals surface area contributed by atoms with Crippen LogP contribution in [0.5, 0.6) is 0 Å². The highest BCUT2D eigenvalue weighted by Gasteiger charge is 2.40.